The molecule has 0 aliphatic heterocycles. The lowest BCUT2D eigenvalue weighted by atomic mass is 9.67. The Bertz CT molecular complexity index is 805. The molecule has 2 aromatic heterocycles. The van der Waals surface area contributed by atoms with Crippen LogP contribution >= 0.6 is 0 Å². The summed E-state index contributed by atoms with van der Waals surface area (Å²) in [5.41, 5.74) is 1.12. The maximum absolute atomic E-state index is 9.05. The van der Waals surface area contributed by atoms with Crippen LogP contribution in [0.1, 0.15) is 37.8 Å². The summed E-state index contributed by atoms with van der Waals surface area (Å²) < 4.78 is 1.63. The van der Waals surface area contributed by atoms with E-state index in [4.69, 9.17) is 10.7 Å². The first-order chi connectivity index (χ1) is 11.1. The van der Waals surface area contributed by atoms with E-state index >= 15 is 0 Å². The number of aromatic nitrogens is 4. The highest BCUT2D eigenvalue weighted by Crippen LogP contribution is 2.40. The van der Waals surface area contributed by atoms with E-state index in [9.17, 15) is 0 Å². The van der Waals surface area contributed by atoms with E-state index in [2.05, 4.69) is 33.4 Å². The molecule has 2 aromatic rings. The molecule has 7 heteroatoms. The zero-order valence-electron chi connectivity index (χ0n) is 13.2. The number of aryl methyl sites for hydroxylation is 1. The van der Waals surface area contributed by atoms with Crippen LogP contribution in [-0.4, -0.2) is 31.3 Å². The molecule has 0 saturated heterocycles. The van der Waals surface area contributed by atoms with Crippen LogP contribution in [-0.2, 0) is 0 Å². The van der Waals surface area contributed by atoms with E-state index in [0.717, 1.165) is 12.8 Å². The molecule has 0 aromatic carbocycles. The molecular weight excluding hydrogens is 290 g/mol. The van der Waals surface area contributed by atoms with Crippen LogP contribution in [0.25, 0.3) is 11.2 Å². The van der Waals surface area contributed by atoms with Crippen LogP contribution in [0.15, 0.2) is 18.5 Å². The Morgan fingerprint density at radius 1 is 1.61 bits per heavy atom. The number of rotatable bonds is 5. The predicted molar refractivity (Wildman–Crippen MR) is 86.8 cm³/mol. The highest BCUT2D eigenvalue weighted by Gasteiger charge is 2.41. The third-order valence-corrected chi connectivity index (χ3v) is 4.20. The third-order valence-electron chi connectivity index (χ3n) is 4.20. The average Bonchev–Trinajstić information content (AvgIpc) is 2.87. The molecule has 0 spiro atoms. The number of allylic oxidation sites excluding steroid dienone is 1. The smallest absolute Gasteiger partial charge is 0.166 e. The lowest BCUT2D eigenvalue weighted by molar-refractivity contribution is 0.137. The minimum Gasteiger partial charge on any atom is -0.384 e. The molecule has 1 aliphatic rings. The van der Waals surface area contributed by atoms with Gasteiger partial charge in [-0.15, -0.1) is 5.10 Å². The highest BCUT2D eigenvalue weighted by atomic mass is 15.3. The minimum atomic E-state index is -0.186. The van der Waals surface area contributed by atoms with E-state index in [1.807, 2.05) is 6.92 Å². The molecule has 0 bridgehead atoms. The van der Waals surface area contributed by atoms with Crippen molar-refractivity contribution in [2.24, 2.45) is 5.92 Å². The van der Waals surface area contributed by atoms with Gasteiger partial charge in [0.15, 0.2) is 11.5 Å². The van der Waals surface area contributed by atoms with Crippen molar-refractivity contribution in [3.8, 4) is 6.07 Å². The van der Waals surface area contributed by atoms with Crippen molar-refractivity contribution in [3.63, 3.8) is 0 Å². The summed E-state index contributed by atoms with van der Waals surface area (Å²) in [6, 6.07) is 4.03. The molecule has 0 radical (unpaired) electrons. The predicted octanol–water partition coefficient (Wildman–Crippen LogP) is 2.10. The number of hydrogen-bond donors (Lipinski definition) is 2. The van der Waals surface area contributed by atoms with Crippen molar-refractivity contribution in [2.75, 3.05) is 0 Å². The largest absolute Gasteiger partial charge is 0.384 e. The van der Waals surface area contributed by atoms with Crippen LogP contribution in [0, 0.1) is 29.6 Å². The van der Waals surface area contributed by atoms with Crippen LogP contribution in [0.2, 0.25) is 0 Å². The standard InChI is InChI=1S/C16H19N7/c1-11-7-16(8-11,4-5-17)20-10-13(9-18)15-19-6-3-14-21-12(2)22-23(14)15/h3,6,9-11,18,20H,4,7-8H2,1-2H3/b13-10+,18-9?. The van der Waals surface area contributed by atoms with Gasteiger partial charge in [-0.2, -0.15) is 9.78 Å². The lowest BCUT2D eigenvalue weighted by Crippen LogP contribution is -2.52. The van der Waals surface area contributed by atoms with E-state index in [1.165, 1.54) is 6.21 Å². The van der Waals surface area contributed by atoms with Crippen LogP contribution in [0.5, 0.6) is 0 Å². The van der Waals surface area contributed by atoms with E-state index in [0.29, 0.717) is 35.2 Å². The van der Waals surface area contributed by atoms with Gasteiger partial charge in [0.05, 0.1) is 23.6 Å². The molecule has 3 rings (SSSR count). The molecule has 2 heterocycles. The van der Waals surface area contributed by atoms with Crippen LogP contribution in [0.4, 0.5) is 0 Å². The van der Waals surface area contributed by atoms with E-state index < -0.39 is 0 Å². The number of nitrogens with one attached hydrogen (secondary N) is 2. The molecule has 1 aliphatic carbocycles. The Hall–Kier alpha value is -2.75. The van der Waals surface area contributed by atoms with Gasteiger partial charge in [-0.05, 0) is 25.7 Å². The second kappa shape index (κ2) is 5.80. The summed E-state index contributed by atoms with van der Waals surface area (Å²) in [6.07, 6.45) is 7.06. The zero-order valence-corrected chi connectivity index (χ0v) is 13.2. The quantitative estimate of drug-likeness (QED) is 0.823. The molecule has 1 saturated carbocycles. The summed E-state index contributed by atoms with van der Waals surface area (Å²) in [5, 5.41) is 24.4. The average molecular weight is 309 g/mol. The molecule has 0 atom stereocenters. The number of fused-ring (bicyclic) bond motifs is 1. The van der Waals surface area contributed by atoms with Crippen LogP contribution in [0.3, 0.4) is 0 Å². The SMILES string of the molecule is Cc1nc2ccnc(/C(C=N)=C/NC3(CC#N)CC(C)C3)n2n1. The molecule has 0 unspecified atom stereocenters. The topological polar surface area (TPSA) is 103 Å². The summed E-state index contributed by atoms with van der Waals surface area (Å²) in [7, 11) is 0. The fraction of sp³-hybridized carbons (Fsp3) is 0.438. The molecule has 23 heavy (non-hydrogen) atoms. The number of nitrogens with zero attached hydrogens (tertiary/aromatic N) is 5. The van der Waals surface area contributed by atoms with Crippen molar-refractivity contribution in [1.82, 2.24) is 24.9 Å². The van der Waals surface area contributed by atoms with E-state index in [-0.39, 0.29) is 5.54 Å². The van der Waals surface area contributed by atoms with Gasteiger partial charge < -0.3 is 10.7 Å². The second-order valence-corrected chi connectivity index (χ2v) is 6.21. The first-order valence-corrected chi connectivity index (χ1v) is 7.61. The summed E-state index contributed by atoms with van der Waals surface area (Å²) in [5.74, 6) is 1.84. The molecule has 1 fully saturated rings. The normalized spacial score (nSPS) is 24.0. The molecule has 0 amide bonds. The van der Waals surface area contributed by atoms with Gasteiger partial charge in [-0.3, -0.25) is 0 Å². The number of nitriles is 1. The van der Waals surface area contributed by atoms with Gasteiger partial charge in [-0.1, -0.05) is 6.92 Å². The summed E-state index contributed by atoms with van der Waals surface area (Å²) in [4.78, 5) is 8.64. The highest BCUT2D eigenvalue weighted by molar-refractivity contribution is 6.06. The summed E-state index contributed by atoms with van der Waals surface area (Å²) >= 11 is 0. The maximum atomic E-state index is 9.05. The van der Waals surface area contributed by atoms with Gasteiger partial charge in [0.1, 0.15) is 5.82 Å². The maximum Gasteiger partial charge on any atom is 0.166 e. The van der Waals surface area contributed by atoms with Crippen molar-refractivity contribution in [1.29, 1.82) is 10.7 Å². The van der Waals surface area contributed by atoms with Gasteiger partial charge in [0.2, 0.25) is 0 Å². The second-order valence-electron chi connectivity index (χ2n) is 6.21. The lowest BCUT2D eigenvalue weighted by Gasteiger charge is -2.45. The molecule has 2 N–H and O–H groups in total. The van der Waals surface area contributed by atoms with Crippen molar-refractivity contribution >= 4 is 17.4 Å². The molecule has 7 nitrogen and oxygen atoms in total. The Morgan fingerprint density at radius 2 is 2.39 bits per heavy atom. The Kier molecular flexibility index (Phi) is 3.82. The minimum absolute atomic E-state index is 0.186. The first kappa shape index (κ1) is 15.2. The fourth-order valence-electron chi connectivity index (χ4n) is 3.26. The summed E-state index contributed by atoms with van der Waals surface area (Å²) in [6.45, 7) is 4.00. The van der Waals surface area contributed by atoms with Gasteiger partial charge in [0.25, 0.3) is 0 Å². The Balaban J connectivity index is 1.92. The third kappa shape index (κ3) is 2.80. The van der Waals surface area contributed by atoms with Crippen molar-refractivity contribution in [3.05, 3.63) is 30.1 Å². The first-order valence-electron chi connectivity index (χ1n) is 7.61. The van der Waals surface area contributed by atoms with Gasteiger partial charge >= 0.3 is 0 Å². The fourth-order valence-corrected chi connectivity index (χ4v) is 3.26. The Labute approximate surface area is 134 Å². The van der Waals surface area contributed by atoms with Gasteiger partial charge in [-0.25, -0.2) is 9.97 Å². The Morgan fingerprint density at radius 3 is 3.04 bits per heavy atom. The van der Waals surface area contributed by atoms with Crippen molar-refractivity contribution in [2.45, 2.75) is 38.6 Å². The molecular formula is C16H19N7. The van der Waals surface area contributed by atoms with Crippen molar-refractivity contribution < 1.29 is 0 Å². The van der Waals surface area contributed by atoms with Gasteiger partial charge in [0, 0.05) is 24.7 Å². The van der Waals surface area contributed by atoms with Crippen LogP contribution < -0.4 is 5.32 Å². The number of hydrogen-bond acceptors (Lipinski definition) is 6. The molecule has 118 valence electrons. The van der Waals surface area contributed by atoms with E-state index in [1.54, 1.807) is 23.0 Å². The zero-order chi connectivity index (χ0) is 16.4. The monoisotopic (exact) mass is 309 g/mol.